The van der Waals surface area contributed by atoms with Crippen LogP contribution in [-0.4, -0.2) is 20.2 Å². The van der Waals surface area contributed by atoms with Crippen molar-refractivity contribution in [2.24, 2.45) is 11.3 Å². The van der Waals surface area contributed by atoms with Gasteiger partial charge in [-0.3, -0.25) is 0 Å². The number of rotatable bonds is 4. The van der Waals surface area contributed by atoms with Crippen LogP contribution in [0.2, 0.25) is 0 Å². The second-order valence-corrected chi connectivity index (χ2v) is 6.14. The molecule has 1 aromatic heterocycles. The minimum atomic E-state index is 0.451. The van der Waals surface area contributed by atoms with Crippen molar-refractivity contribution in [2.45, 2.75) is 32.2 Å². The van der Waals surface area contributed by atoms with Gasteiger partial charge in [0.2, 0.25) is 0 Å². The van der Waals surface area contributed by atoms with E-state index in [1.807, 2.05) is 16.8 Å². The SMILES string of the molecule is Nc1ccc(-c2nnnn2CC2(C3CC3)CC2)c(N)c1. The number of aromatic nitrogens is 4. The molecule has 0 saturated heterocycles. The van der Waals surface area contributed by atoms with Crippen LogP contribution in [0.4, 0.5) is 11.4 Å². The van der Waals surface area contributed by atoms with Crippen molar-refractivity contribution in [3.05, 3.63) is 18.2 Å². The molecular weight excluding hydrogens is 252 g/mol. The number of benzene rings is 1. The summed E-state index contributed by atoms with van der Waals surface area (Å²) in [4.78, 5) is 0. The summed E-state index contributed by atoms with van der Waals surface area (Å²) in [5, 5.41) is 12.1. The highest BCUT2D eigenvalue weighted by atomic mass is 15.5. The van der Waals surface area contributed by atoms with E-state index in [0.29, 0.717) is 16.8 Å². The van der Waals surface area contributed by atoms with Gasteiger partial charge in [-0.25, -0.2) is 4.68 Å². The second kappa shape index (κ2) is 3.94. The maximum Gasteiger partial charge on any atom is 0.184 e. The average Bonchev–Trinajstić information content (AvgIpc) is 3.29. The number of nitrogen functional groups attached to an aromatic ring is 2. The van der Waals surface area contributed by atoms with E-state index in [0.717, 1.165) is 23.9 Å². The summed E-state index contributed by atoms with van der Waals surface area (Å²) in [7, 11) is 0. The standard InChI is InChI=1S/C14H18N6/c15-10-3-4-11(12(16)7-10)13-17-18-19-20(13)8-14(5-6-14)9-1-2-9/h3-4,7,9H,1-2,5-6,8,15-16H2. The maximum atomic E-state index is 6.04. The molecule has 2 aliphatic carbocycles. The molecule has 0 radical (unpaired) electrons. The van der Waals surface area contributed by atoms with Gasteiger partial charge < -0.3 is 11.5 Å². The van der Waals surface area contributed by atoms with Crippen molar-refractivity contribution >= 4 is 11.4 Å². The van der Waals surface area contributed by atoms with Gasteiger partial charge in [0, 0.05) is 16.9 Å². The van der Waals surface area contributed by atoms with E-state index < -0.39 is 0 Å². The van der Waals surface area contributed by atoms with Crippen LogP contribution in [0.15, 0.2) is 18.2 Å². The molecule has 2 fully saturated rings. The first kappa shape index (κ1) is 11.7. The van der Waals surface area contributed by atoms with Crippen LogP contribution in [0.25, 0.3) is 11.4 Å². The van der Waals surface area contributed by atoms with Gasteiger partial charge in [-0.2, -0.15) is 0 Å². The summed E-state index contributed by atoms with van der Waals surface area (Å²) in [6.45, 7) is 0.907. The Morgan fingerprint density at radius 2 is 2.05 bits per heavy atom. The quantitative estimate of drug-likeness (QED) is 0.824. The lowest BCUT2D eigenvalue weighted by atomic mass is 10.0. The lowest BCUT2D eigenvalue weighted by Crippen LogP contribution is -2.16. The van der Waals surface area contributed by atoms with E-state index in [1.54, 1.807) is 6.07 Å². The number of hydrogen-bond donors (Lipinski definition) is 2. The predicted octanol–water partition coefficient (Wildman–Crippen LogP) is 1.69. The highest BCUT2D eigenvalue weighted by Gasteiger charge is 2.54. The molecule has 20 heavy (non-hydrogen) atoms. The molecule has 2 saturated carbocycles. The van der Waals surface area contributed by atoms with E-state index in [-0.39, 0.29) is 0 Å². The monoisotopic (exact) mass is 270 g/mol. The molecule has 4 N–H and O–H groups in total. The predicted molar refractivity (Wildman–Crippen MR) is 76.5 cm³/mol. The zero-order valence-electron chi connectivity index (χ0n) is 11.3. The minimum Gasteiger partial charge on any atom is -0.399 e. The molecule has 6 heteroatoms. The van der Waals surface area contributed by atoms with Crippen LogP contribution in [0.1, 0.15) is 25.7 Å². The molecule has 0 atom stereocenters. The Bertz CT molecular complexity index is 653. The minimum absolute atomic E-state index is 0.451. The van der Waals surface area contributed by atoms with Crippen molar-refractivity contribution < 1.29 is 0 Å². The highest BCUT2D eigenvalue weighted by molar-refractivity contribution is 5.74. The molecule has 0 spiro atoms. The zero-order valence-corrected chi connectivity index (χ0v) is 11.3. The van der Waals surface area contributed by atoms with Crippen LogP contribution in [0.5, 0.6) is 0 Å². The van der Waals surface area contributed by atoms with Gasteiger partial charge >= 0.3 is 0 Å². The first-order chi connectivity index (χ1) is 9.68. The maximum absolute atomic E-state index is 6.04. The Balaban J connectivity index is 1.67. The molecule has 1 heterocycles. The summed E-state index contributed by atoms with van der Waals surface area (Å²) in [5.74, 6) is 1.62. The Kier molecular flexibility index (Phi) is 2.31. The van der Waals surface area contributed by atoms with Crippen LogP contribution in [0, 0.1) is 11.3 Å². The molecule has 1 aromatic carbocycles. The highest BCUT2D eigenvalue weighted by Crippen LogP contribution is 2.62. The summed E-state index contributed by atoms with van der Waals surface area (Å²) < 4.78 is 1.91. The van der Waals surface area contributed by atoms with E-state index in [4.69, 9.17) is 11.5 Å². The number of anilines is 2. The Morgan fingerprint density at radius 1 is 1.25 bits per heavy atom. The molecule has 0 unspecified atom stereocenters. The van der Waals surface area contributed by atoms with E-state index in [2.05, 4.69) is 15.5 Å². The second-order valence-electron chi connectivity index (χ2n) is 6.14. The largest absolute Gasteiger partial charge is 0.399 e. The van der Waals surface area contributed by atoms with E-state index in [9.17, 15) is 0 Å². The van der Waals surface area contributed by atoms with Crippen molar-refractivity contribution in [1.29, 1.82) is 0 Å². The lowest BCUT2D eigenvalue weighted by molar-refractivity contribution is 0.348. The molecule has 6 nitrogen and oxygen atoms in total. The third-order valence-electron chi connectivity index (χ3n) is 4.65. The lowest BCUT2D eigenvalue weighted by Gasteiger charge is -2.15. The molecule has 2 aromatic rings. The fourth-order valence-corrected chi connectivity index (χ4v) is 3.14. The Morgan fingerprint density at radius 3 is 2.70 bits per heavy atom. The van der Waals surface area contributed by atoms with Crippen LogP contribution in [-0.2, 0) is 6.54 Å². The zero-order chi connectivity index (χ0) is 13.7. The normalized spacial score (nSPS) is 20.0. The van der Waals surface area contributed by atoms with Crippen molar-refractivity contribution in [3.63, 3.8) is 0 Å². The van der Waals surface area contributed by atoms with E-state index >= 15 is 0 Å². The fraction of sp³-hybridized carbons (Fsp3) is 0.500. The molecule has 2 aliphatic rings. The van der Waals surface area contributed by atoms with Crippen molar-refractivity contribution in [1.82, 2.24) is 20.2 Å². The summed E-state index contributed by atoms with van der Waals surface area (Å²) >= 11 is 0. The molecule has 0 aliphatic heterocycles. The molecule has 0 bridgehead atoms. The van der Waals surface area contributed by atoms with Gasteiger partial charge in [0.1, 0.15) is 0 Å². The smallest absolute Gasteiger partial charge is 0.184 e. The van der Waals surface area contributed by atoms with Crippen LogP contribution < -0.4 is 11.5 Å². The van der Waals surface area contributed by atoms with Crippen LogP contribution >= 0.6 is 0 Å². The number of tetrazole rings is 1. The number of nitrogens with two attached hydrogens (primary N) is 2. The summed E-state index contributed by atoms with van der Waals surface area (Å²) in [5.41, 5.74) is 14.4. The van der Waals surface area contributed by atoms with Gasteiger partial charge in [-0.1, -0.05) is 0 Å². The summed E-state index contributed by atoms with van der Waals surface area (Å²) in [6, 6.07) is 5.48. The third-order valence-corrected chi connectivity index (χ3v) is 4.65. The van der Waals surface area contributed by atoms with Crippen molar-refractivity contribution in [2.75, 3.05) is 11.5 Å². The topological polar surface area (TPSA) is 95.6 Å². The molecular formula is C14H18N6. The van der Waals surface area contributed by atoms with Gasteiger partial charge in [0.25, 0.3) is 0 Å². The van der Waals surface area contributed by atoms with Crippen molar-refractivity contribution in [3.8, 4) is 11.4 Å². The Hall–Kier alpha value is -2.11. The Labute approximate surface area is 117 Å². The summed E-state index contributed by atoms with van der Waals surface area (Å²) in [6.07, 6.45) is 5.32. The molecule has 104 valence electrons. The molecule has 0 amide bonds. The van der Waals surface area contributed by atoms with Crippen LogP contribution in [0.3, 0.4) is 0 Å². The molecule has 4 rings (SSSR count). The van der Waals surface area contributed by atoms with E-state index in [1.165, 1.54) is 25.7 Å². The van der Waals surface area contributed by atoms with Gasteiger partial charge in [-0.05, 0) is 65.6 Å². The van der Waals surface area contributed by atoms with Gasteiger partial charge in [0.05, 0.1) is 6.54 Å². The average molecular weight is 270 g/mol. The van der Waals surface area contributed by atoms with Gasteiger partial charge in [0.15, 0.2) is 5.82 Å². The third kappa shape index (κ3) is 1.83. The first-order valence-corrected chi connectivity index (χ1v) is 7.09. The first-order valence-electron chi connectivity index (χ1n) is 7.09. The number of nitrogens with zero attached hydrogens (tertiary/aromatic N) is 4. The number of hydrogen-bond acceptors (Lipinski definition) is 5. The van der Waals surface area contributed by atoms with Gasteiger partial charge in [-0.15, -0.1) is 5.10 Å². The fourth-order valence-electron chi connectivity index (χ4n) is 3.14.